The second kappa shape index (κ2) is 8.89. The predicted octanol–water partition coefficient (Wildman–Crippen LogP) is 6.67. The Hall–Kier alpha value is -2.20. The molecule has 0 radical (unpaired) electrons. The van der Waals surface area contributed by atoms with E-state index in [1.165, 1.54) is 0 Å². The molecule has 0 fully saturated rings. The molecule has 0 aliphatic carbocycles. The van der Waals surface area contributed by atoms with Gasteiger partial charge in [-0.05, 0) is 87.5 Å². The fraction of sp³-hybridized carbons (Fsp3) is 0.346. The smallest absolute Gasteiger partial charge is 0.163 e. The lowest BCUT2D eigenvalue weighted by Crippen LogP contribution is -2.28. The van der Waals surface area contributed by atoms with Crippen LogP contribution in [-0.2, 0) is 16.1 Å². The number of ketones is 1. The van der Waals surface area contributed by atoms with Crippen molar-refractivity contribution in [3.63, 3.8) is 0 Å². The highest BCUT2D eigenvalue weighted by Gasteiger charge is 2.30. The Labute approximate surface area is 184 Å². The van der Waals surface area contributed by atoms with Gasteiger partial charge in [-0.3, -0.25) is 4.79 Å². The minimum atomic E-state index is -0.657. The van der Waals surface area contributed by atoms with E-state index in [-0.39, 0.29) is 5.78 Å². The van der Waals surface area contributed by atoms with Crippen molar-refractivity contribution in [3.8, 4) is 11.1 Å². The van der Waals surface area contributed by atoms with Crippen molar-refractivity contribution in [1.29, 1.82) is 0 Å². The molecule has 0 N–H and O–H groups in total. The minimum Gasteiger partial charge on any atom is -0.360 e. The first-order chi connectivity index (χ1) is 14.1. The summed E-state index contributed by atoms with van der Waals surface area (Å²) in [6.45, 7) is 8.27. The Kier molecular flexibility index (Phi) is 6.66. The van der Waals surface area contributed by atoms with Crippen LogP contribution in [0.25, 0.3) is 21.9 Å². The molecule has 0 saturated carbocycles. The van der Waals surface area contributed by atoms with E-state index in [4.69, 9.17) is 16.3 Å². The SMILES string of the molecule is CC(=O)[C@@H](OC(C)(C)C)c1c(CN(C)C)cc2ccccc2c1-c1ccc(Cl)cc1. The third-order valence-corrected chi connectivity index (χ3v) is 5.15. The molecule has 0 heterocycles. The van der Waals surface area contributed by atoms with Gasteiger partial charge in [0.15, 0.2) is 5.78 Å². The normalized spacial score (nSPS) is 13.1. The van der Waals surface area contributed by atoms with Crippen molar-refractivity contribution in [2.75, 3.05) is 14.1 Å². The number of fused-ring (bicyclic) bond motifs is 1. The Morgan fingerprint density at radius 1 is 1.07 bits per heavy atom. The van der Waals surface area contributed by atoms with Gasteiger partial charge >= 0.3 is 0 Å². The van der Waals surface area contributed by atoms with Crippen molar-refractivity contribution < 1.29 is 9.53 Å². The average molecular weight is 424 g/mol. The molecule has 0 spiro atoms. The quantitative estimate of drug-likeness (QED) is 0.443. The standard InChI is InChI=1S/C26H30ClNO2/c1-17(29)25(30-26(2,3)4)24-20(16-28(5)6)15-19-9-7-8-10-22(19)23(24)18-11-13-21(27)14-12-18/h7-15,25H,16H2,1-6H3/t25-/m1/s1. The first-order valence-corrected chi connectivity index (χ1v) is 10.6. The van der Waals surface area contributed by atoms with Gasteiger partial charge in [0.25, 0.3) is 0 Å². The van der Waals surface area contributed by atoms with Crippen LogP contribution in [0.5, 0.6) is 0 Å². The molecule has 0 aromatic heterocycles. The molecule has 3 aromatic rings. The van der Waals surface area contributed by atoms with E-state index in [2.05, 4.69) is 23.1 Å². The third-order valence-electron chi connectivity index (χ3n) is 4.90. The van der Waals surface area contributed by atoms with Crippen molar-refractivity contribution in [1.82, 2.24) is 4.90 Å². The summed E-state index contributed by atoms with van der Waals surface area (Å²) in [6, 6.07) is 18.3. The molecule has 3 nitrogen and oxygen atoms in total. The number of benzene rings is 3. The lowest BCUT2D eigenvalue weighted by molar-refractivity contribution is -0.138. The maximum Gasteiger partial charge on any atom is 0.163 e. The summed E-state index contributed by atoms with van der Waals surface area (Å²) in [7, 11) is 4.07. The maximum absolute atomic E-state index is 12.9. The van der Waals surface area contributed by atoms with E-state index in [1.807, 2.05) is 71.3 Å². The van der Waals surface area contributed by atoms with Crippen LogP contribution in [-0.4, -0.2) is 30.4 Å². The van der Waals surface area contributed by atoms with Crippen LogP contribution in [0.15, 0.2) is 54.6 Å². The predicted molar refractivity (Wildman–Crippen MR) is 126 cm³/mol. The molecular weight excluding hydrogens is 394 g/mol. The van der Waals surface area contributed by atoms with Gasteiger partial charge in [0.1, 0.15) is 6.10 Å². The number of ether oxygens (including phenoxy) is 1. The molecule has 3 rings (SSSR count). The van der Waals surface area contributed by atoms with Crippen LogP contribution in [0.3, 0.4) is 0 Å². The van der Waals surface area contributed by atoms with Crippen LogP contribution in [0.1, 0.15) is 44.9 Å². The van der Waals surface area contributed by atoms with Crippen molar-refractivity contribution in [2.24, 2.45) is 0 Å². The van der Waals surface area contributed by atoms with Crippen LogP contribution >= 0.6 is 11.6 Å². The summed E-state index contributed by atoms with van der Waals surface area (Å²) in [5.41, 5.74) is 3.62. The van der Waals surface area contributed by atoms with Crippen molar-refractivity contribution in [3.05, 3.63) is 70.7 Å². The summed E-state index contributed by atoms with van der Waals surface area (Å²) >= 11 is 6.17. The van der Waals surface area contributed by atoms with E-state index in [0.29, 0.717) is 11.6 Å². The first-order valence-electron chi connectivity index (χ1n) is 10.2. The summed E-state index contributed by atoms with van der Waals surface area (Å²) in [6.07, 6.45) is -0.657. The zero-order chi connectivity index (χ0) is 22.1. The van der Waals surface area contributed by atoms with Crippen LogP contribution < -0.4 is 0 Å². The molecule has 0 bridgehead atoms. The fourth-order valence-corrected chi connectivity index (χ4v) is 3.94. The molecular formula is C26H30ClNO2. The molecule has 0 aliphatic rings. The molecule has 0 amide bonds. The topological polar surface area (TPSA) is 29.5 Å². The highest BCUT2D eigenvalue weighted by Crippen LogP contribution is 2.41. The molecule has 158 valence electrons. The number of carbonyl (C=O) groups excluding carboxylic acids is 1. The number of carbonyl (C=O) groups is 1. The number of hydrogen-bond donors (Lipinski definition) is 0. The Morgan fingerprint density at radius 3 is 2.27 bits per heavy atom. The summed E-state index contributed by atoms with van der Waals surface area (Å²) in [4.78, 5) is 15.0. The fourth-order valence-electron chi connectivity index (χ4n) is 3.82. The molecule has 0 saturated heterocycles. The van der Waals surface area contributed by atoms with Crippen LogP contribution in [0.2, 0.25) is 5.02 Å². The molecule has 30 heavy (non-hydrogen) atoms. The number of rotatable bonds is 6. The molecule has 0 unspecified atom stereocenters. The van der Waals surface area contributed by atoms with Gasteiger partial charge in [-0.25, -0.2) is 0 Å². The average Bonchev–Trinajstić information content (AvgIpc) is 2.65. The third kappa shape index (κ3) is 5.10. The van der Waals surface area contributed by atoms with Crippen molar-refractivity contribution >= 4 is 28.2 Å². The first kappa shape index (κ1) is 22.5. The van der Waals surface area contributed by atoms with Gasteiger partial charge in [-0.15, -0.1) is 0 Å². The summed E-state index contributed by atoms with van der Waals surface area (Å²) < 4.78 is 6.35. The molecule has 4 heteroatoms. The van der Waals surface area contributed by atoms with Gasteiger partial charge in [-0.1, -0.05) is 48.0 Å². The van der Waals surface area contributed by atoms with Gasteiger partial charge in [0, 0.05) is 17.1 Å². The highest BCUT2D eigenvalue weighted by molar-refractivity contribution is 6.30. The van der Waals surface area contributed by atoms with Crippen LogP contribution in [0, 0.1) is 0 Å². The second-order valence-corrected chi connectivity index (χ2v) is 9.45. The highest BCUT2D eigenvalue weighted by atomic mass is 35.5. The number of Topliss-reactive ketones (excluding diaryl/α,β-unsaturated/α-hetero) is 1. The van der Waals surface area contributed by atoms with Gasteiger partial charge in [-0.2, -0.15) is 0 Å². The Balaban J connectivity index is 2.42. The van der Waals surface area contributed by atoms with E-state index in [1.54, 1.807) is 6.92 Å². The van der Waals surface area contributed by atoms with Crippen molar-refractivity contribution in [2.45, 2.75) is 45.9 Å². The van der Waals surface area contributed by atoms with E-state index in [0.717, 1.165) is 33.0 Å². The maximum atomic E-state index is 12.9. The summed E-state index contributed by atoms with van der Waals surface area (Å²) in [5, 5.41) is 2.92. The van der Waals surface area contributed by atoms with Gasteiger partial charge in [0.05, 0.1) is 5.60 Å². The Morgan fingerprint density at radius 2 is 1.70 bits per heavy atom. The monoisotopic (exact) mass is 423 g/mol. The number of halogens is 1. The minimum absolute atomic E-state index is 0.00424. The summed E-state index contributed by atoms with van der Waals surface area (Å²) in [5.74, 6) is -0.00424. The molecule has 3 aromatic carbocycles. The van der Waals surface area contributed by atoms with E-state index in [9.17, 15) is 4.79 Å². The second-order valence-electron chi connectivity index (χ2n) is 9.01. The molecule has 1 atom stereocenters. The van der Waals surface area contributed by atoms with E-state index < -0.39 is 11.7 Å². The largest absolute Gasteiger partial charge is 0.360 e. The number of nitrogens with zero attached hydrogens (tertiary/aromatic N) is 1. The van der Waals surface area contributed by atoms with E-state index >= 15 is 0 Å². The van der Waals surface area contributed by atoms with Gasteiger partial charge in [0.2, 0.25) is 0 Å². The lowest BCUT2D eigenvalue weighted by atomic mass is 9.85. The van der Waals surface area contributed by atoms with Gasteiger partial charge < -0.3 is 9.64 Å². The zero-order valence-electron chi connectivity index (χ0n) is 18.6. The van der Waals surface area contributed by atoms with Crippen LogP contribution in [0.4, 0.5) is 0 Å². The molecule has 0 aliphatic heterocycles. The number of hydrogen-bond acceptors (Lipinski definition) is 3. The zero-order valence-corrected chi connectivity index (χ0v) is 19.4. The lowest BCUT2D eigenvalue weighted by Gasteiger charge is -2.30. The Bertz CT molecular complexity index is 1050.